The van der Waals surface area contributed by atoms with Gasteiger partial charge in [-0.05, 0) is 68.5 Å². The van der Waals surface area contributed by atoms with Gasteiger partial charge in [-0.2, -0.15) is 0 Å². The van der Waals surface area contributed by atoms with Crippen molar-refractivity contribution in [3.8, 4) is 11.3 Å². The lowest BCUT2D eigenvalue weighted by molar-refractivity contribution is 0.0949. The molecule has 6 rings (SSSR count). The van der Waals surface area contributed by atoms with Crippen molar-refractivity contribution in [1.82, 2.24) is 10.3 Å². The van der Waals surface area contributed by atoms with Crippen molar-refractivity contribution in [1.29, 1.82) is 0 Å². The van der Waals surface area contributed by atoms with Crippen LogP contribution in [0, 0.1) is 5.92 Å². The number of aliphatic hydroxyl groups is 1. The van der Waals surface area contributed by atoms with Crippen LogP contribution in [0.1, 0.15) is 35.9 Å². The average molecular weight is 487 g/mol. The smallest absolute Gasteiger partial charge is 0.263 e. The highest BCUT2D eigenvalue weighted by atomic mass is 32.1. The van der Waals surface area contributed by atoms with Gasteiger partial charge >= 0.3 is 0 Å². The van der Waals surface area contributed by atoms with Crippen LogP contribution in [-0.4, -0.2) is 48.3 Å². The summed E-state index contributed by atoms with van der Waals surface area (Å²) in [7, 11) is 0. The standard InChI is InChI=1S/C28H30N4O2S/c1-17-16-29-26-25-21-6-7-22(31-23(21)8-9-24(25)35-27(26)28(34)30-17)19-2-4-20(5-3-19)32-13-10-18(11-14-32)12-15-33/h2-9,17-18,29,33H,10-16H2,1H3,(H,30,34)/t17-/m1/s1. The number of fused-ring (bicyclic) bond motifs is 5. The van der Waals surface area contributed by atoms with Crippen LogP contribution >= 0.6 is 11.3 Å². The number of nitrogens with zero attached hydrogens (tertiary/aromatic N) is 2. The van der Waals surface area contributed by atoms with Crippen LogP contribution in [-0.2, 0) is 0 Å². The van der Waals surface area contributed by atoms with E-state index < -0.39 is 0 Å². The van der Waals surface area contributed by atoms with Gasteiger partial charge in [0.2, 0.25) is 0 Å². The molecule has 4 heterocycles. The monoisotopic (exact) mass is 486 g/mol. The van der Waals surface area contributed by atoms with E-state index in [4.69, 9.17) is 4.98 Å². The molecule has 1 fully saturated rings. The van der Waals surface area contributed by atoms with Crippen LogP contribution in [0.4, 0.5) is 11.4 Å². The molecule has 1 saturated heterocycles. The summed E-state index contributed by atoms with van der Waals surface area (Å²) >= 11 is 1.54. The van der Waals surface area contributed by atoms with Crippen LogP contribution in [0.5, 0.6) is 0 Å². The molecule has 0 bridgehead atoms. The molecular weight excluding hydrogens is 456 g/mol. The Hall–Kier alpha value is -3.16. The lowest BCUT2D eigenvalue weighted by Crippen LogP contribution is -2.34. The van der Waals surface area contributed by atoms with Crippen molar-refractivity contribution in [3.05, 3.63) is 53.4 Å². The van der Waals surface area contributed by atoms with Crippen LogP contribution in [0.15, 0.2) is 48.5 Å². The predicted octanol–water partition coefficient (Wildman–Crippen LogP) is 5.26. The van der Waals surface area contributed by atoms with Gasteiger partial charge in [0.25, 0.3) is 5.91 Å². The van der Waals surface area contributed by atoms with Crippen molar-refractivity contribution < 1.29 is 9.90 Å². The molecule has 35 heavy (non-hydrogen) atoms. The topological polar surface area (TPSA) is 77.5 Å². The Labute approximate surface area is 209 Å². The van der Waals surface area contributed by atoms with E-state index in [1.165, 1.54) is 17.0 Å². The zero-order chi connectivity index (χ0) is 23.9. The molecule has 3 N–H and O–H groups in total. The normalized spacial score (nSPS) is 18.9. The molecule has 0 saturated carbocycles. The summed E-state index contributed by atoms with van der Waals surface area (Å²) in [6.45, 7) is 5.11. The summed E-state index contributed by atoms with van der Waals surface area (Å²) in [6, 6.07) is 17.2. The van der Waals surface area contributed by atoms with Crippen molar-refractivity contribution in [2.24, 2.45) is 5.92 Å². The zero-order valence-electron chi connectivity index (χ0n) is 19.9. The molecular formula is C28H30N4O2S. The molecule has 0 aliphatic carbocycles. The molecule has 7 heteroatoms. The predicted molar refractivity (Wildman–Crippen MR) is 145 cm³/mol. The Morgan fingerprint density at radius 2 is 1.89 bits per heavy atom. The van der Waals surface area contributed by atoms with E-state index >= 15 is 0 Å². The molecule has 180 valence electrons. The van der Waals surface area contributed by atoms with E-state index in [2.05, 4.69) is 64.1 Å². The summed E-state index contributed by atoms with van der Waals surface area (Å²) < 4.78 is 1.10. The Balaban J connectivity index is 1.29. The summed E-state index contributed by atoms with van der Waals surface area (Å²) in [5.74, 6) is 0.643. The van der Waals surface area contributed by atoms with Gasteiger partial charge in [0.1, 0.15) is 4.88 Å². The first-order chi connectivity index (χ1) is 17.1. The van der Waals surface area contributed by atoms with Gasteiger partial charge in [0.05, 0.1) is 16.9 Å². The highest BCUT2D eigenvalue weighted by Gasteiger charge is 2.25. The number of thiophene rings is 1. The molecule has 1 amide bonds. The molecule has 0 spiro atoms. The summed E-state index contributed by atoms with van der Waals surface area (Å²) in [4.78, 5) is 20.9. The lowest BCUT2D eigenvalue weighted by atomic mass is 9.93. The number of amides is 1. The minimum absolute atomic E-state index is 0.00542. The molecule has 2 aromatic heterocycles. The fourth-order valence-electron chi connectivity index (χ4n) is 5.39. The number of rotatable bonds is 4. The second-order valence-electron chi connectivity index (χ2n) is 9.75. The maximum atomic E-state index is 12.7. The Morgan fingerprint density at radius 1 is 1.09 bits per heavy atom. The van der Waals surface area contributed by atoms with Crippen LogP contribution in [0.3, 0.4) is 0 Å². The number of carbonyl (C=O) groups is 1. The highest BCUT2D eigenvalue weighted by Crippen LogP contribution is 2.41. The highest BCUT2D eigenvalue weighted by molar-refractivity contribution is 7.21. The summed E-state index contributed by atoms with van der Waals surface area (Å²) in [5, 5.41) is 17.9. The number of carbonyl (C=O) groups excluding carboxylic acids is 1. The van der Waals surface area contributed by atoms with Gasteiger partial charge in [-0.15, -0.1) is 11.3 Å². The first-order valence-electron chi connectivity index (χ1n) is 12.5. The molecule has 2 aromatic carbocycles. The number of benzene rings is 2. The van der Waals surface area contributed by atoms with Gasteiger partial charge in [-0.3, -0.25) is 4.79 Å². The van der Waals surface area contributed by atoms with E-state index in [1.807, 2.05) is 6.92 Å². The van der Waals surface area contributed by atoms with Crippen LogP contribution < -0.4 is 15.5 Å². The van der Waals surface area contributed by atoms with Gasteiger partial charge in [-0.25, -0.2) is 4.98 Å². The Bertz CT molecular complexity index is 1390. The number of aliphatic hydroxyl groups excluding tert-OH is 1. The molecule has 0 unspecified atom stereocenters. The van der Waals surface area contributed by atoms with Crippen molar-refractivity contribution in [2.45, 2.75) is 32.2 Å². The fraction of sp³-hybridized carbons (Fsp3) is 0.357. The molecule has 2 aliphatic heterocycles. The third-order valence-electron chi connectivity index (χ3n) is 7.37. The molecule has 2 aliphatic rings. The SMILES string of the molecule is C[C@@H]1CNc2c(sc3ccc4nc(-c5ccc(N6CCC(CCO)CC6)cc5)ccc4c23)C(=O)N1. The first-order valence-corrected chi connectivity index (χ1v) is 13.3. The molecule has 0 radical (unpaired) electrons. The quantitative estimate of drug-likeness (QED) is 0.367. The summed E-state index contributed by atoms with van der Waals surface area (Å²) in [6.07, 6.45) is 3.21. The largest absolute Gasteiger partial charge is 0.396 e. The van der Waals surface area contributed by atoms with Gasteiger partial charge in [0, 0.05) is 59.0 Å². The van der Waals surface area contributed by atoms with Crippen molar-refractivity contribution in [2.75, 3.05) is 36.5 Å². The molecule has 1 atom stereocenters. The van der Waals surface area contributed by atoms with Crippen molar-refractivity contribution in [3.63, 3.8) is 0 Å². The zero-order valence-corrected chi connectivity index (χ0v) is 20.7. The van der Waals surface area contributed by atoms with E-state index in [0.717, 1.165) is 75.2 Å². The number of nitrogens with one attached hydrogen (secondary N) is 2. The fourth-order valence-corrected chi connectivity index (χ4v) is 6.49. The van der Waals surface area contributed by atoms with Gasteiger partial charge in [-0.1, -0.05) is 12.1 Å². The lowest BCUT2D eigenvalue weighted by Gasteiger charge is -2.33. The summed E-state index contributed by atoms with van der Waals surface area (Å²) in [5.41, 5.74) is 5.16. The number of pyridine rings is 1. The van der Waals surface area contributed by atoms with E-state index in [-0.39, 0.29) is 11.9 Å². The number of anilines is 2. The average Bonchev–Trinajstić information content (AvgIpc) is 3.21. The van der Waals surface area contributed by atoms with E-state index in [9.17, 15) is 9.90 Å². The van der Waals surface area contributed by atoms with Crippen LogP contribution in [0.2, 0.25) is 0 Å². The van der Waals surface area contributed by atoms with Crippen molar-refractivity contribution >= 4 is 49.6 Å². The Kier molecular flexibility index (Phi) is 5.82. The Morgan fingerprint density at radius 3 is 2.66 bits per heavy atom. The minimum atomic E-state index is -0.00542. The van der Waals surface area contributed by atoms with Crippen LogP contribution in [0.25, 0.3) is 32.2 Å². The van der Waals surface area contributed by atoms with Gasteiger partial charge in [0.15, 0.2) is 0 Å². The number of aromatic nitrogens is 1. The third kappa shape index (κ3) is 4.13. The van der Waals surface area contributed by atoms with E-state index in [0.29, 0.717) is 19.1 Å². The van der Waals surface area contributed by atoms with E-state index in [1.54, 1.807) is 0 Å². The first kappa shape index (κ1) is 22.3. The molecule has 4 aromatic rings. The van der Waals surface area contributed by atoms with Gasteiger partial charge < -0.3 is 20.6 Å². The second kappa shape index (κ2) is 9.13. The second-order valence-corrected chi connectivity index (χ2v) is 10.8. The third-order valence-corrected chi connectivity index (χ3v) is 8.52. The number of piperidine rings is 1. The minimum Gasteiger partial charge on any atom is -0.396 e. The maximum absolute atomic E-state index is 12.7. The number of hydrogen-bond donors (Lipinski definition) is 3. The number of hydrogen-bond acceptors (Lipinski definition) is 6. The maximum Gasteiger partial charge on any atom is 0.263 e. The molecule has 6 nitrogen and oxygen atoms in total.